The van der Waals surface area contributed by atoms with Gasteiger partial charge in [0, 0.05) is 25.3 Å². The van der Waals surface area contributed by atoms with Crippen LogP contribution >= 0.6 is 23.2 Å². The van der Waals surface area contributed by atoms with Gasteiger partial charge in [0.15, 0.2) is 0 Å². The molecule has 13 heteroatoms. The van der Waals surface area contributed by atoms with E-state index in [9.17, 15) is 18.9 Å². The summed E-state index contributed by atoms with van der Waals surface area (Å²) in [6.45, 7) is 3.54. The molecule has 0 aliphatic heterocycles. The number of hydrogen-bond donors (Lipinski definition) is 1. The lowest BCUT2D eigenvalue weighted by Gasteiger charge is -2.28. The van der Waals surface area contributed by atoms with Gasteiger partial charge in [-0.3, -0.25) is 14.8 Å². The molecule has 2 aromatic rings. The molecule has 1 atom stereocenters. The van der Waals surface area contributed by atoms with Gasteiger partial charge in [-0.15, -0.1) is 5.10 Å². The first-order chi connectivity index (χ1) is 14.6. The normalized spacial score (nSPS) is 17.4. The SMILES string of the molecule is Cc1c([N+](=O)[O-])c(OCC[C@@H](C)Nc2nc(Cl)ncc2Cl)nn1C1CCC(F)(F)CC1. The monoisotopic (exact) mass is 478 g/mol. The van der Waals surface area contributed by atoms with Crippen LogP contribution in [0.4, 0.5) is 20.3 Å². The van der Waals surface area contributed by atoms with Crippen molar-refractivity contribution in [3.8, 4) is 5.88 Å². The van der Waals surface area contributed by atoms with E-state index in [1.807, 2.05) is 6.92 Å². The highest BCUT2D eigenvalue weighted by Gasteiger charge is 2.38. The lowest BCUT2D eigenvalue weighted by Crippen LogP contribution is -2.27. The Bertz CT molecular complexity index is 949. The number of aromatic nitrogens is 4. The lowest BCUT2D eigenvalue weighted by molar-refractivity contribution is -0.386. The first-order valence-electron chi connectivity index (χ1n) is 9.76. The predicted octanol–water partition coefficient (Wildman–Crippen LogP) is 5.22. The maximum Gasteiger partial charge on any atom is 0.352 e. The molecule has 2 heterocycles. The summed E-state index contributed by atoms with van der Waals surface area (Å²) < 4.78 is 34.0. The predicted molar refractivity (Wildman–Crippen MR) is 111 cm³/mol. The zero-order valence-electron chi connectivity index (χ0n) is 16.9. The van der Waals surface area contributed by atoms with Crippen LogP contribution in [-0.4, -0.2) is 43.2 Å². The molecule has 0 aromatic carbocycles. The number of alkyl halides is 2. The van der Waals surface area contributed by atoms with E-state index in [0.29, 0.717) is 23.0 Å². The van der Waals surface area contributed by atoms with Gasteiger partial charge in [0.25, 0.3) is 0 Å². The van der Waals surface area contributed by atoms with Crippen LogP contribution in [0.5, 0.6) is 5.88 Å². The topological polar surface area (TPSA) is 108 Å². The van der Waals surface area contributed by atoms with Crippen LogP contribution in [0.3, 0.4) is 0 Å². The molecule has 1 aliphatic rings. The number of rotatable bonds is 8. The van der Waals surface area contributed by atoms with E-state index in [4.69, 9.17) is 27.9 Å². The number of nitrogens with one attached hydrogen (secondary N) is 1. The fourth-order valence-electron chi connectivity index (χ4n) is 3.50. The van der Waals surface area contributed by atoms with Crippen molar-refractivity contribution in [1.29, 1.82) is 0 Å². The average Bonchev–Trinajstić information content (AvgIpc) is 3.01. The van der Waals surface area contributed by atoms with Crippen molar-refractivity contribution in [1.82, 2.24) is 19.7 Å². The summed E-state index contributed by atoms with van der Waals surface area (Å²) in [4.78, 5) is 18.8. The standard InChI is InChI=1S/C18H22Cl2F2N6O3/c1-10(24-15-13(19)9-23-17(20)25-15)5-8-31-16-14(28(29)30)11(2)27(26-16)12-3-6-18(21,22)7-4-12/h9-10,12H,3-8H2,1-2H3,(H,23,24,25)/t10-/m1/s1. The minimum Gasteiger partial charge on any atom is -0.472 e. The molecule has 3 rings (SSSR count). The molecule has 1 N–H and O–H groups in total. The third-order valence-corrected chi connectivity index (χ3v) is 5.65. The van der Waals surface area contributed by atoms with Crippen molar-refractivity contribution in [2.24, 2.45) is 0 Å². The first kappa shape index (κ1) is 23.4. The van der Waals surface area contributed by atoms with E-state index < -0.39 is 10.8 Å². The van der Waals surface area contributed by atoms with Crippen LogP contribution in [0.2, 0.25) is 10.3 Å². The van der Waals surface area contributed by atoms with Crippen molar-refractivity contribution in [3.05, 3.63) is 32.3 Å². The maximum absolute atomic E-state index is 13.5. The van der Waals surface area contributed by atoms with Crippen molar-refractivity contribution >= 4 is 34.7 Å². The Hall–Kier alpha value is -2.27. The molecule has 1 aliphatic carbocycles. The second kappa shape index (κ2) is 9.47. The Morgan fingerprint density at radius 1 is 1.42 bits per heavy atom. The minimum absolute atomic E-state index is 0.0486. The lowest BCUT2D eigenvalue weighted by atomic mass is 9.92. The second-order valence-corrected chi connectivity index (χ2v) is 8.29. The Kier molecular flexibility index (Phi) is 7.15. The summed E-state index contributed by atoms with van der Waals surface area (Å²) in [6, 6.07) is -0.466. The molecule has 0 saturated heterocycles. The molecule has 9 nitrogen and oxygen atoms in total. The third-order valence-electron chi connectivity index (χ3n) is 5.19. The molecule has 0 amide bonds. The van der Waals surface area contributed by atoms with Crippen LogP contribution in [0.25, 0.3) is 0 Å². The van der Waals surface area contributed by atoms with Crippen molar-refractivity contribution < 1.29 is 18.4 Å². The largest absolute Gasteiger partial charge is 0.472 e. The summed E-state index contributed by atoms with van der Waals surface area (Å²) in [7, 11) is 0. The molecule has 1 fully saturated rings. The third kappa shape index (κ3) is 5.70. The smallest absolute Gasteiger partial charge is 0.352 e. The van der Waals surface area contributed by atoms with E-state index in [1.165, 1.54) is 10.9 Å². The van der Waals surface area contributed by atoms with Crippen molar-refractivity contribution in [3.63, 3.8) is 0 Å². The molecular weight excluding hydrogens is 457 g/mol. The van der Waals surface area contributed by atoms with E-state index in [1.54, 1.807) is 6.92 Å². The van der Waals surface area contributed by atoms with Gasteiger partial charge in [-0.05, 0) is 38.3 Å². The molecule has 0 unspecified atom stereocenters. The van der Waals surface area contributed by atoms with Gasteiger partial charge in [0.05, 0.1) is 23.8 Å². The zero-order valence-corrected chi connectivity index (χ0v) is 18.5. The van der Waals surface area contributed by atoms with Gasteiger partial charge in [-0.2, -0.15) is 4.98 Å². The zero-order chi connectivity index (χ0) is 22.8. The highest BCUT2D eigenvalue weighted by atomic mass is 35.5. The van der Waals surface area contributed by atoms with Crippen LogP contribution in [0.1, 0.15) is 50.8 Å². The number of nitro groups is 1. The second-order valence-electron chi connectivity index (χ2n) is 7.55. The summed E-state index contributed by atoms with van der Waals surface area (Å²) in [5.41, 5.74) is 0.0485. The fraction of sp³-hybridized carbons (Fsp3) is 0.611. The molecule has 170 valence electrons. The molecule has 31 heavy (non-hydrogen) atoms. The van der Waals surface area contributed by atoms with E-state index in [0.717, 1.165) is 0 Å². The van der Waals surface area contributed by atoms with Gasteiger partial charge in [0.2, 0.25) is 11.2 Å². The van der Waals surface area contributed by atoms with Gasteiger partial charge in [0.1, 0.15) is 16.5 Å². The number of anilines is 1. The Balaban J connectivity index is 1.64. The number of nitrogens with zero attached hydrogens (tertiary/aromatic N) is 5. The maximum atomic E-state index is 13.5. The van der Waals surface area contributed by atoms with Crippen molar-refractivity contribution in [2.75, 3.05) is 11.9 Å². The van der Waals surface area contributed by atoms with Gasteiger partial charge in [-0.25, -0.2) is 13.8 Å². The van der Waals surface area contributed by atoms with E-state index >= 15 is 0 Å². The molecule has 0 bridgehead atoms. The Morgan fingerprint density at radius 2 is 2.10 bits per heavy atom. The van der Waals surface area contributed by atoms with Gasteiger partial charge < -0.3 is 10.1 Å². The van der Waals surface area contributed by atoms with Crippen LogP contribution in [0.15, 0.2) is 6.20 Å². The molecule has 1 saturated carbocycles. The summed E-state index contributed by atoms with van der Waals surface area (Å²) in [5, 5.41) is 19.2. The Labute approximate surface area is 187 Å². The molecular formula is C18H22Cl2F2N6O3. The van der Waals surface area contributed by atoms with E-state index in [-0.39, 0.29) is 61.2 Å². The fourth-order valence-corrected chi connectivity index (χ4v) is 3.78. The molecule has 0 radical (unpaired) electrons. The average molecular weight is 479 g/mol. The highest BCUT2D eigenvalue weighted by Crippen LogP contribution is 2.41. The van der Waals surface area contributed by atoms with Crippen LogP contribution in [-0.2, 0) is 0 Å². The quantitative estimate of drug-likeness (QED) is 0.314. The number of halogens is 4. The van der Waals surface area contributed by atoms with Gasteiger partial charge in [-0.1, -0.05) is 11.6 Å². The van der Waals surface area contributed by atoms with E-state index in [2.05, 4.69) is 20.4 Å². The van der Waals surface area contributed by atoms with Crippen LogP contribution in [0, 0.1) is 17.0 Å². The highest BCUT2D eigenvalue weighted by molar-refractivity contribution is 6.33. The van der Waals surface area contributed by atoms with Crippen LogP contribution < -0.4 is 10.1 Å². The first-order valence-corrected chi connectivity index (χ1v) is 10.5. The summed E-state index contributed by atoms with van der Waals surface area (Å²) >= 11 is 11.8. The van der Waals surface area contributed by atoms with Crippen molar-refractivity contribution in [2.45, 2.75) is 64.0 Å². The van der Waals surface area contributed by atoms with Gasteiger partial charge >= 0.3 is 11.6 Å². The summed E-state index contributed by atoms with van der Waals surface area (Å²) in [6.07, 6.45) is 1.71. The molecule has 0 spiro atoms. The number of hydrogen-bond acceptors (Lipinski definition) is 7. The summed E-state index contributed by atoms with van der Waals surface area (Å²) in [5.74, 6) is -2.44. The molecule has 2 aromatic heterocycles. The Morgan fingerprint density at radius 3 is 2.74 bits per heavy atom. The number of ether oxygens (including phenoxy) is 1. The minimum atomic E-state index is -2.69.